The summed E-state index contributed by atoms with van der Waals surface area (Å²) in [6, 6.07) is 0. The molecular formula is C4H4N2O4S. The molecule has 0 aromatic carbocycles. The number of rotatable bonds is 1. The third-order valence-corrected chi connectivity index (χ3v) is 1.74. The van der Waals surface area contributed by atoms with E-state index in [9.17, 15) is 13.2 Å². The van der Waals surface area contributed by atoms with E-state index in [0.717, 1.165) is 12.4 Å². The summed E-state index contributed by atoms with van der Waals surface area (Å²) < 4.78 is 25.7. The zero-order valence-corrected chi connectivity index (χ0v) is 6.00. The summed E-state index contributed by atoms with van der Waals surface area (Å²) in [6.45, 7) is 0. The van der Waals surface area contributed by atoms with Gasteiger partial charge in [-0.2, -0.15) is 12.8 Å². The van der Waals surface area contributed by atoms with Crippen molar-refractivity contribution in [2.24, 2.45) is 4.40 Å². The number of aliphatic carboxylic acids is 1. The fourth-order valence-electron chi connectivity index (χ4n) is 0.449. The highest BCUT2D eigenvalue weighted by atomic mass is 32.2. The molecule has 0 bridgehead atoms. The molecule has 1 rings (SSSR count). The van der Waals surface area contributed by atoms with Gasteiger partial charge in [0.05, 0.1) is 11.8 Å². The second-order valence-corrected chi connectivity index (χ2v) is 3.13. The van der Waals surface area contributed by atoms with Crippen molar-refractivity contribution in [3.05, 3.63) is 11.8 Å². The van der Waals surface area contributed by atoms with Crippen LogP contribution in [0.4, 0.5) is 0 Å². The highest BCUT2D eigenvalue weighted by Gasteiger charge is 2.13. The minimum absolute atomic E-state index is 0.195. The van der Waals surface area contributed by atoms with Crippen LogP contribution >= 0.6 is 0 Å². The summed E-state index contributed by atoms with van der Waals surface area (Å²) in [5.41, 5.74) is -0.195. The maximum Gasteiger partial charge on any atom is 0.341 e. The van der Waals surface area contributed by atoms with Crippen molar-refractivity contribution in [1.29, 1.82) is 0 Å². The van der Waals surface area contributed by atoms with E-state index in [1.54, 1.807) is 0 Å². The van der Waals surface area contributed by atoms with E-state index in [4.69, 9.17) is 5.11 Å². The molecule has 60 valence electrons. The summed E-state index contributed by atoms with van der Waals surface area (Å²) >= 11 is 0. The van der Waals surface area contributed by atoms with Crippen LogP contribution in [-0.2, 0) is 15.0 Å². The van der Waals surface area contributed by atoms with Crippen molar-refractivity contribution in [1.82, 2.24) is 4.72 Å². The molecule has 0 atom stereocenters. The number of nitrogens with zero attached hydrogens (tertiary/aromatic N) is 1. The Morgan fingerprint density at radius 3 is 2.64 bits per heavy atom. The monoisotopic (exact) mass is 176 g/mol. The van der Waals surface area contributed by atoms with Gasteiger partial charge in [-0.25, -0.2) is 4.79 Å². The Morgan fingerprint density at radius 2 is 2.27 bits per heavy atom. The minimum atomic E-state index is -3.67. The Bertz CT molecular complexity index is 339. The summed E-state index contributed by atoms with van der Waals surface area (Å²) in [5, 5.41) is 8.31. The largest absolute Gasteiger partial charge is 0.478 e. The van der Waals surface area contributed by atoms with Crippen molar-refractivity contribution in [3.63, 3.8) is 0 Å². The molecule has 0 aromatic rings. The van der Waals surface area contributed by atoms with Gasteiger partial charge in [0.15, 0.2) is 0 Å². The van der Waals surface area contributed by atoms with Gasteiger partial charge in [0.25, 0.3) is 0 Å². The Hall–Kier alpha value is -1.37. The first-order chi connectivity index (χ1) is 5.01. The van der Waals surface area contributed by atoms with Gasteiger partial charge in [-0.15, -0.1) is 0 Å². The quantitative estimate of drug-likeness (QED) is 0.528. The number of hydrogen-bond acceptors (Lipinski definition) is 3. The average Bonchev–Trinajstić information content (AvgIpc) is 1.86. The lowest BCUT2D eigenvalue weighted by molar-refractivity contribution is -0.132. The van der Waals surface area contributed by atoms with E-state index >= 15 is 0 Å². The van der Waals surface area contributed by atoms with E-state index in [1.165, 1.54) is 0 Å². The van der Waals surface area contributed by atoms with Gasteiger partial charge in [-0.3, -0.25) is 4.72 Å². The summed E-state index contributed by atoms with van der Waals surface area (Å²) in [4.78, 5) is 10.2. The molecule has 6 nitrogen and oxygen atoms in total. The van der Waals surface area contributed by atoms with Crippen LogP contribution in [0.25, 0.3) is 0 Å². The molecule has 0 unspecified atom stereocenters. The van der Waals surface area contributed by atoms with Gasteiger partial charge in [0.2, 0.25) is 0 Å². The highest BCUT2D eigenvalue weighted by Crippen LogP contribution is 1.98. The Kier molecular flexibility index (Phi) is 1.65. The fraction of sp³-hybridized carbons (Fsp3) is 0. The van der Waals surface area contributed by atoms with Crippen LogP contribution in [0.5, 0.6) is 0 Å². The predicted octanol–water partition coefficient (Wildman–Crippen LogP) is -1.13. The molecule has 0 spiro atoms. The number of carbonyl (C=O) groups is 1. The van der Waals surface area contributed by atoms with E-state index in [-0.39, 0.29) is 5.57 Å². The second-order valence-electron chi connectivity index (χ2n) is 1.73. The molecule has 0 saturated heterocycles. The normalized spacial score (nSPS) is 20.2. The third-order valence-electron chi connectivity index (χ3n) is 0.941. The Labute approximate surface area is 62.4 Å². The highest BCUT2D eigenvalue weighted by molar-refractivity contribution is 7.88. The van der Waals surface area contributed by atoms with Crippen LogP contribution in [0.2, 0.25) is 0 Å². The van der Waals surface area contributed by atoms with Gasteiger partial charge >= 0.3 is 16.2 Å². The number of carboxylic acids is 1. The Balaban J connectivity index is 2.92. The first kappa shape index (κ1) is 7.73. The molecular weight excluding hydrogens is 172 g/mol. The smallest absolute Gasteiger partial charge is 0.341 e. The van der Waals surface area contributed by atoms with Crippen LogP contribution in [0.3, 0.4) is 0 Å². The zero-order chi connectivity index (χ0) is 8.48. The zero-order valence-electron chi connectivity index (χ0n) is 5.18. The minimum Gasteiger partial charge on any atom is -0.478 e. The van der Waals surface area contributed by atoms with Crippen LogP contribution < -0.4 is 4.72 Å². The lowest BCUT2D eigenvalue weighted by Gasteiger charge is -2.02. The molecule has 2 N–H and O–H groups in total. The van der Waals surface area contributed by atoms with Crippen molar-refractivity contribution >= 4 is 22.4 Å². The topological polar surface area (TPSA) is 95.8 Å². The van der Waals surface area contributed by atoms with Gasteiger partial charge in [-0.1, -0.05) is 0 Å². The standard InChI is InChI=1S/C4H4N2O4S/c7-4(8)3-1-5-11(9,10)6-2-3/h1-2,5H,(H,7,8). The van der Waals surface area contributed by atoms with Crippen LogP contribution in [-0.4, -0.2) is 25.7 Å². The molecule has 0 aromatic heterocycles. The average molecular weight is 176 g/mol. The van der Waals surface area contributed by atoms with Gasteiger partial charge < -0.3 is 5.11 Å². The molecule has 11 heavy (non-hydrogen) atoms. The summed E-state index contributed by atoms with van der Waals surface area (Å²) in [5.74, 6) is -1.23. The molecule has 1 heterocycles. The summed E-state index contributed by atoms with van der Waals surface area (Å²) in [6.07, 6.45) is 1.64. The molecule has 0 radical (unpaired) electrons. The van der Waals surface area contributed by atoms with Crippen molar-refractivity contribution < 1.29 is 18.3 Å². The molecule has 1 aliphatic heterocycles. The number of hydrogen-bond donors (Lipinski definition) is 2. The third kappa shape index (κ3) is 1.77. The SMILES string of the molecule is O=C(O)C1=CNS(=O)(=O)N=C1. The van der Waals surface area contributed by atoms with E-state index in [0.29, 0.717) is 0 Å². The summed E-state index contributed by atoms with van der Waals surface area (Å²) in [7, 11) is -3.67. The lowest BCUT2D eigenvalue weighted by Crippen LogP contribution is -2.22. The van der Waals surface area contributed by atoms with Crippen LogP contribution in [0.15, 0.2) is 16.2 Å². The fourth-order valence-corrected chi connectivity index (χ4v) is 1.04. The number of carboxylic acid groups (broad SMARTS) is 1. The second kappa shape index (κ2) is 2.35. The van der Waals surface area contributed by atoms with Crippen molar-refractivity contribution in [2.75, 3.05) is 0 Å². The lowest BCUT2D eigenvalue weighted by atomic mass is 10.3. The molecule has 0 aliphatic carbocycles. The molecule has 0 amide bonds. The van der Waals surface area contributed by atoms with E-state index < -0.39 is 16.2 Å². The maximum absolute atomic E-state index is 10.5. The molecule has 0 fully saturated rings. The van der Waals surface area contributed by atoms with Crippen LogP contribution in [0.1, 0.15) is 0 Å². The van der Waals surface area contributed by atoms with E-state index in [1.807, 2.05) is 4.72 Å². The van der Waals surface area contributed by atoms with E-state index in [2.05, 4.69) is 4.40 Å². The van der Waals surface area contributed by atoms with Crippen LogP contribution in [0, 0.1) is 0 Å². The van der Waals surface area contributed by atoms with Gasteiger partial charge in [0.1, 0.15) is 0 Å². The van der Waals surface area contributed by atoms with Gasteiger partial charge in [0, 0.05) is 6.20 Å². The van der Waals surface area contributed by atoms with Gasteiger partial charge in [-0.05, 0) is 0 Å². The first-order valence-electron chi connectivity index (χ1n) is 2.52. The predicted molar refractivity (Wildman–Crippen MR) is 36.3 cm³/mol. The molecule has 1 aliphatic rings. The Morgan fingerprint density at radius 1 is 1.64 bits per heavy atom. The molecule has 7 heteroatoms. The van der Waals surface area contributed by atoms with Crippen molar-refractivity contribution in [2.45, 2.75) is 0 Å². The maximum atomic E-state index is 10.5. The van der Waals surface area contributed by atoms with Crippen molar-refractivity contribution in [3.8, 4) is 0 Å². The number of nitrogens with one attached hydrogen (secondary N) is 1. The first-order valence-corrected chi connectivity index (χ1v) is 3.96. The molecule has 0 saturated carbocycles.